The average Bonchev–Trinajstić information content (AvgIpc) is 3.01. The first kappa shape index (κ1) is 40.7. The van der Waals surface area contributed by atoms with E-state index in [1.807, 2.05) is 0 Å². The molecule has 1 aromatic carbocycles. The van der Waals surface area contributed by atoms with E-state index in [2.05, 4.69) is 53.7 Å². The summed E-state index contributed by atoms with van der Waals surface area (Å²) >= 11 is 0. The van der Waals surface area contributed by atoms with Crippen molar-refractivity contribution in [3.63, 3.8) is 0 Å². The molecule has 2 unspecified atom stereocenters. The highest BCUT2D eigenvalue weighted by atomic mass is 31.0. The van der Waals surface area contributed by atoms with E-state index in [1.165, 1.54) is 82.7 Å². The number of hydrogen-bond acceptors (Lipinski definition) is 5. The molecule has 0 aromatic heterocycles. The van der Waals surface area contributed by atoms with Crippen LogP contribution in [0.3, 0.4) is 0 Å². The molecule has 0 bridgehead atoms. The lowest BCUT2D eigenvalue weighted by Crippen LogP contribution is -2.55. The molecule has 4 N–H and O–H groups in total. The zero-order valence-corrected chi connectivity index (χ0v) is 29.9. The summed E-state index contributed by atoms with van der Waals surface area (Å²) in [6.07, 6.45) is 26.8. The van der Waals surface area contributed by atoms with Crippen molar-refractivity contribution < 1.29 is 20.4 Å². The molecule has 7 heteroatoms. The summed E-state index contributed by atoms with van der Waals surface area (Å²) in [7, 11) is 6.77. The van der Waals surface area contributed by atoms with Crippen LogP contribution in [0, 0.1) is 0 Å². The Labute approximate surface area is 270 Å². The molecule has 5 nitrogen and oxygen atoms in total. The number of rotatable bonds is 31. The van der Waals surface area contributed by atoms with E-state index in [9.17, 15) is 20.4 Å². The quantitative estimate of drug-likeness (QED) is 0.0481. The van der Waals surface area contributed by atoms with Crippen molar-refractivity contribution in [1.82, 2.24) is 0 Å². The zero-order chi connectivity index (χ0) is 31.5. The topological polar surface area (TPSA) is 84.2 Å². The Balaban J connectivity index is 3.25. The molecule has 252 valence electrons. The highest BCUT2D eigenvalue weighted by molar-refractivity contribution is 7.21. The predicted molar refractivity (Wildman–Crippen MR) is 193 cm³/mol. The molecule has 1 rings (SSSR count). The summed E-state index contributed by atoms with van der Waals surface area (Å²) in [5.41, 5.74) is 1.31. The second-order valence-electron chi connectivity index (χ2n) is 12.8. The van der Waals surface area contributed by atoms with Gasteiger partial charge < -0.3 is 25.3 Å². The Hall–Kier alpha value is -0.280. The van der Waals surface area contributed by atoms with Gasteiger partial charge >= 0.3 is 0 Å². The van der Waals surface area contributed by atoms with Crippen molar-refractivity contribution in [2.75, 3.05) is 31.3 Å². The lowest BCUT2D eigenvalue weighted by Gasteiger charge is -2.54. The van der Waals surface area contributed by atoms with Gasteiger partial charge in [-0.15, -0.1) is 18.5 Å². The van der Waals surface area contributed by atoms with Gasteiger partial charge in [0, 0.05) is 32.1 Å². The van der Waals surface area contributed by atoms with Crippen LogP contribution >= 0.6 is 18.5 Å². The molecule has 0 fully saturated rings. The Morgan fingerprint density at radius 2 is 0.651 bits per heavy atom. The molecule has 2 atom stereocenters. The molecular formula is C36H69NO4P2. The SMILES string of the molecule is OCCCCCCCC(P)(CCCCCCCO)N(c1ccccc1)C(P)(CCCCCCCO)CCCCCCCO. The summed E-state index contributed by atoms with van der Waals surface area (Å²) in [6, 6.07) is 11.1. The smallest absolute Gasteiger partial charge is 0.0549 e. The van der Waals surface area contributed by atoms with Gasteiger partial charge in [-0.1, -0.05) is 121 Å². The van der Waals surface area contributed by atoms with E-state index in [0.717, 1.165) is 77.0 Å². The maximum Gasteiger partial charge on any atom is 0.0549 e. The third-order valence-electron chi connectivity index (χ3n) is 8.98. The van der Waals surface area contributed by atoms with Crippen LogP contribution in [-0.4, -0.2) is 57.4 Å². The van der Waals surface area contributed by atoms with E-state index in [-0.39, 0.29) is 10.6 Å². The number of para-hydroxylation sites is 1. The molecule has 43 heavy (non-hydrogen) atoms. The number of anilines is 1. The van der Waals surface area contributed by atoms with E-state index < -0.39 is 0 Å². The average molecular weight is 642 g/mol. The number of aliphatic hydroxyl groups is 4. The Bertz CT molecular complexity index is 665. The van der Waals surface area contributed by atoms with Gasteiger partial charge in [0.05, 0.1) is 10.6 Å². The van der Waals surface area contributed by atoms with Crippen molar-refractivity contribution in [2.45, 2.75) is 165 Å². The maximum absolute atomic E-state index is 9.23. The molecule has 0 aliphatic rings. The van der Waals surface area contributed by atoms with Gasteiger partial charge in [0.15, 0.2) is 0 Å². The molecule has 0 saturated heterocycles. The summed E-state index contributed by atoms with van der Waals surface area (Å²) < 4.78 is 0. The van der Waals surface area contributed by atoms with Crippen molar-refractivity contribution in [3.8, 4) is 0 Å². The molecule has 0 spiro atoms. The van der Waals surface area contributed by atoms with E-state index in [1.54, 1.807) is 0 Å². The van der Waals surface area contributed by atoms with Crippen molar-refractivity contribution in [2.24, 2.45) is 0 Å². The van der Waals surface area contributed by atoms with Crippen LogP contribution in [0.5, 0.6) is 0 Å². The van der Waals surface area contributed by atoms with Crippen LogP contribution in [0.15, 0.2) is 30.3 Å². The minimum absolute atomic E-state index is 0.0508. The number of hydrogen-bond donors (Lipinski definition) is 4. The molecule has 0 radical (unpaired) electrons. The van der Waals surface area contributed by atoms with Gasteiger partial charge in [-0.2, -0.15) is 0 Å². The number of aliphatic hydroxyl groups excluding tert-OH is 4. The molecule has 1 aromatic rings. The van der Waals surface area contributed by atoms with Gasteiger partial charge in [-0.3, -0.25) is 0 Å². The Morgan fingerprint density at radius 1 is 0.395 bits per heavy atom. The second kappa shape index (κ2) is 26.9. The summed E-state index contributed by atoms with van der Waals surface area (Å²) in [6.45, 7) is 1.17. The monoisotopic (exact) mass is 641 g/mol. The molecule has 0 heterocycles. The van der Waals surface area contributed by atoms with Crippen LogP contribution in [0.25, 0.3) is 0 Å². The lowest BCUT2D eigenvalue weighted by atomic mass is 9.91. The molecular weight excluding hydrogens is 572 g/mol. The summed E-state index contributed by atoms with van der Waals surface area (Å²) in [5.74, 6) is 0. The largest absolute Gasteiger partial charge is 0.396 e. The highest BCUT2D eigenvalue weighted by Crippen LogP contribution is 2.49. The van der Waals surface area contributed by atoms with Gasteiger partial charge in [0.25, 0.3) is 0 Å². The molecule has 0 amide bonds. The van der Waals surface area contributed by atoms with Crippen molar-refractivity contribution in [3.05, 3.63) is 30.3 Å². The summed E-state index contributed by atoms with van der Waals surface area (Å²) in [5, 5.41) is 36.8. The third kappa shape index (κ3) is 18.5. The number of benzene rings is 1. The summed E-state index contributed by atoms with van der Waals surface area (Å²) in [4.78, 5) is 2.80. The second-order valence-corrected chi connectivity index (χ2v) is 15.0. The van der Waals surface area contributed by atoms with E-state index in [0.29, 0.717) is 26.4 Å². The standard InChI is InChI=1S/C36H69NO4P2/c38-30-20-9-1-5-16-26-35(42,27-17-6-2-10-21-31-39)37(34-24-14-13-15-25-34)36(43,28-18-7-3-11-22-32-40)29-19-8-4-12-23-33-41/h13-15,24-25,38-41H,1-12,16-23,26-33,42-43H2. The molecule has 0 aliphatic carbocycles. The fourth-order valence-corrected chi connectivity index (χ4v) is 8.30. The minimum atomic E-state index is -0.0508. The van der Waals surface area contributed by atoms with Crippen molar-refractivity contribution >= 4 is 24.2 Å². The molecule has 0 saturated carbocycles. The van der Waals surface area contributed by atoms with Gasteiger partial charge in [-0.25, -0.2) is 0 Å². The normalized spacial score (nSPS) is 12.2. The molecule has 0 aliphatic heterocycles. The van der Waals surface area contributed by atoms with Crippen LogP contribution < -0.4 is 4.90 Å². The lowest BCUT2D eigenvalue weighted by molar-refractivity contribution is 0.280. The highest BCUT2D eigenvalue weighted by Gasteiger charge is 2.42. The fourth-order valence-electron chi connectivity index (χ4n) is 6.52. The van der Waals surface area contributed by atoms with Crippen LogP contribution in [0.4, 0.5) is 5.69 Å². The number of unbranched alkanes of at least 4 members (excludes halogenated alkanes) is 16. The number of nitrogens with zero attached hydrogens (tertiary/aromatic N) is 1. The van der Waals surface area contributed by atoms with E-state index in [4.69, 9.17) is 0 Å². The van der Waals surface area contributed by atoms with Crippen LogP contribution in [0.1, 0.15) is 154 Å². The van der Waals surface area contributed by atoms with Gasteiger partial charge in [-0.05, 0) is 63.5 Å². The third-order valence-corrected chi connectivity index (χ3v) is 10.6. The van der Waals surface area contributed by atoms with Crippen LogP contribution in [0.2, 0.25) is 0 Å². The fraction of sp³-hybridized carbons (Fsp3) is 0.833. The van der Waals surface area contributed by atoms with Crippen LogP contribution in [-0.2, 0) is 0 Å². The van der Waals surface area contributed by atoms with Crippen molar-refractivity contribution in [1.29, 1.82) is 0 Å². The first-order valence-electron chi connectivity index (χ1n) is 17.8. The zero-order valence-electron chi connectivity index (χ0n) is 27.6. The van der Waals surface area contributed by atoms with E-state index >= 15 is 0 Å². The first-order chi connectivity index (χ1) is 21.0. The maximum atomic E-state index is 9.23. The predicted octanol–water partition coefficient (Wildman–Crippen LogP) is 8.97. The minimum Gasteiger partial charge on any atom is -0.396 e. The van der Waals surface area contributed by atoms with Gasteiger partial charge in [0.2, 0.25) is 0 Å². The van der Waals surface area contributed by atoms with Gasteiger partial charge in [0.1, 0.15) is 0 Å². The Kier molecular flexibility index (Phi) is 25.5. The first-order valence-corrected chi connectivity index (χ1v) is 19.0. The Morgan fingerprint density at radius 3 is 0.930 bits per heavy atom.